The minimum Gasteiger partial charge on any atom is -0.310 e. The fourth-order valence-corrected chi connectivity index (χ4v) is 2.22. The number of hydrogen-bond donors (Lipinski definition) is 1. The Morgan fingerprint density at radius 1 is 1.47 bits per heavy atom. The van der Waals surface area contributed by atoms with Crippen molar-refractivity contribution in [1.82, 2.24) is 5.32 Å². The van der Waals surface area contributed by atoms with Crippen molar-refractivity contribution in [3.8, 4) is 0 Å². The van der Waals surface area contributed by atoms with Crippen molar-refractivity contribution in [3.63, 3.8) is 0 Å². The molecule has 1 nitrogen and oxygen atoms in total. The maximum Gasteiger partial charge on any atom is 0.124 e. The van der Waals surface area contributed by atoms with Crippen molar-refractivity contribution in [1.29, 1.82) is 0 Å². The van der Waals surface area contributed by atoms with Crippen LogP contribution >= 0.6 is 11.6 Å². The summed E-state index contributed by atoms with van der Waals surface area (Å²) in [4.78, 5) is 0. The highest BCUT2D eigenvalue weighted by Crippen LogP contribution is 2.27. The number of halogens is 2. The molecule has 0 atom stereocenters. The first-order valence-corrected chi connectivity index (χ1v) is 5.70. The molecule has 1 saturated carbocycles. The van der Waals surface area contributed by atoms with Gasteiger partial charge in [0.1, 0.15) is 5.82 Å². The molecule has 0 saturated heterocycles. The molecule has 0 bridgehead atoms. The molecular weight excluding hydrogens is 213 g/mol. The summed E-state index contributed by atoms with van der Waals surface area (Å²) in [6.07, 6.45) is 2.47. The van der Waals surface area contributed by atoms with Crippen molar-refractivity contribution in [2.45, 2.75) is 32.4 Å². The maximum atomic E-state index is 12.8. The topological polar surface area (TPSA) is 12.0 Å². The summed E-state index contributed by atoms with van der Waals surface area (Å²) < 4.78 is 12.8. The summed E-state index contributed by atoms with van der Waals surface area (Å²) in [5.41, 5.74) is 0.970. The molecule has 15 heavy (non-hydrogen) atoms. The molecule has 0 radical (unpaired) electrons. The molecular formula is C12H15ClFN. The van der Waals surface area contributed by atoms with E-state index in [1.165, 1.54) is 25.0 Å². The van der Waals surface area contributed by atoms with Crippen LogP contribution in [0.1, 0.15) is 25.3 Å². The smallest absolute Gasteiger partial charge is 0.124 e. The van der Waals surface area contributed by atoms with Gasteiger partial charge in [0.25, 0.3) is 0 Å². The van der Waals surface area contributed by atoms with Gasteiger partial charge >= 0.3 is 0 Å². The highest BCUT2D eigenvalue weighted by molar-refractivity contribution is 6.31. The Hall–Kier alpha value is -0.600. The zero-order valence-electron chi connectivity index (χ0n) is 8.76. The van der Waals surface area contributed by atoms with Gasteiger partial charge in [0.15, 0.2) is 0 Å². The molecule has 82 valence electrons. The first-order chi connectivity index (χ1) is 7.15. The monoisotopic (exact) mass is 227 g/mol. The summed E-state index contributed by atoms with van der Waals surface area (Å²) in [6, 6.07) is 5.17. The van der Waals surface area contributed by atoms with Crippen LogP contribution in [0.2, 0.25) is 5.02 Å². The predicted octanol–water partition coefficient (Wildman–Crippen LogP) is 3.37. The van der Waals surface area contributed by atoms with E-state index in [0.717, 1.165) is 18.0 Å². The van der Waals surface area contributed by atoms with Gasteiger partial charge < -0.3 is 5.32 Å². The van der Waals surface area contributed by atoms with Crippen LogP contribution in [-0.2, 0) is 6.54 Å². The second-order valence-corrected chi connectivity index (χ2v) is 4.80. The van der Waals surface area contributed by atoms with Crippen LogP contribution in [0.15, 0.2) is 18.2 Å². The minimum atomic E-state index is -0.277. The van der Waals surface area contributed by atoms with Crippen LogP contribution in [0.3, 0.4) is 0 Å². The van der Waals surface area contributed by atoms with E-state index in [1.54, 1.807) is 6.07 Å². The standard InChI is InChI=1S/C12H15ClFN/c1-8-4-11(5-8)15-7-9-2-3-10(14)6-12(9)13/h2-3,6,8,11,15H,4-5,7H2,1H3. The van der Waals surface area contributed by atoms with Crippen molar-refractivity contribution >= 4 is 11.6 Å². The lowest BCUT2D eigenvalue weighted by molar-refractivity contribution is 0.240. The van der Waals surface area contributed by atoms with Crippen LogP contribution in [0.25, 0.3) is 0 Å². The average Bonchev–Trinajstić information content (AvgIpc) is 2.13. The Kier molecular flexibility index (Phi) is 3.27. The molecule has 0 heterocycles. The van der Waals surface area contributed by atoms with Gasteiger partial charge in [-0.15, -0.1) is 0 Å². The highest BCUT2D eigenvalue weighted by atomic mass is 35.5. The Bertz CT molecular complexity index is 347. The van der Waals surface area contributed by atoms with E-state index < -0.39 is 0 Å². The molecule has 3 heteroatoms. The van der Waals surface area contributed by atoms with Crippen LogP contribution < -0.4 is 5.32 Å². The Morgan fingerprint density at radius 3 is 2.80 bits per heavy atom. The Morgan fingerprint density at radius 2 is 2.20 bits per heavy atom. The van der Waals surface area contributed by atoms with Crippen molar-refractivity contribution in [2.75, 3.05) is 0 Å². The molecule has 0 amide bonds. The SMILES string of the molecule is CC1CC(NCc2ccc(F)cc2Cl)C1. The minimum absolute atomic E-state index is 0.277. The molecule has 1 fully saturated rings. The summed E-state index contributed by atoms with van der Waals surface area (Å²) in [6.45, 7) is 2.99. The summed E-state index contributed by atoms with van der Waals surface area (Å²) in [5.74, 6) is 0.562. The third kappa shape index (κ3) is 2.70. The third-order valence-corrected chi connectivity index (χ3v) is 3.32. The Balaban J connectivity index is 1.88. The van der Waals surface area contributed by atoms with E-state index in [2.05, 4.69) is 12.2 Å². The van der Waals surface area contributed by atoms with Gasteiger partial charge in [-0.3, -0.25) is 0 Å². The Labute approximate surface area is 94.6 Å². The lowest BCUT2D eigenvalue weighted by Crippen LogP contribution is -2.39. The fourth-order valence-electron chi connectivity index (χ4n) is 1.99. The molecule has 0 aromatic heterocycles. The van der Waals surface area contributed by atoms with Gasteiger partial charge in [-0.05, 0) is 36.5 Å². The van der Waals surface area contributed by atoms with Crippen LogP contribution in [0.5, 0.6) is 0 Å². The molecule has 1 aromatic rings. The van der Waals surface area contributed by atoms with Crippen molar-refractivity contribution < 1.29 is 4.39 Å². The number of benzene rings is 1. The first-order valence-electron chi connectivity index (χ1n) is 5.32. The van der Waals surface area contributed by atoms with E-state index in [4.69, 9.17) is 11.6 Å². The normalized spacial score (nSPS) is 25.0. The van der Waals surface area contributed by atoms with Gasteiger partial charge in [0.05, 0.1) is 0 Å². The lowest BCUT2D eigenvalue weighted by atomic mass is 9.82. The molecule has 1 aromatic carbocycles. The summed E-state index contributed by atoms with van der Waals surface area (Å²) in [7, 11) is 0. The molecule has 2 rings (SSSR count). The maximum absolute atomic E-state index is 12.8. The van der Waals surface area contributed by atoms with Gasteiger partial charge in [-0.1, -0.05) is 24.6 Å². The first kappa shape index (κ1) is 10.9. The predicted molar refractivity (Wildman–Crippen MR) is 60.4 cm³/mol. The van der Waals surface area contributed by atoms with E-state index in [1.807, 2.05) is 0 Å². The van der Waals surface area contributed by atoms with Crippen LogP contribution in [0.4, 0.5) is 4.39 Å². The number of nitrogens with one attached hydrogen (secondary N) is 1. The molecule has 1 N–H and O–H groups in total. The van der Waals surface area contributed by atoms with E-state index in [9.17, 15) is 4.39 Å². The van der Waals surface area contributed by atoms with Crippen molar-refractivity contribution in [2.24, 2.45) is 5.92 Å². The second-order valence-electron chi connectivity index (χ2n) is 4.39. The quantitative estimate of drug-likeness (QED) is 0.835. The van der Waals surface area contributed by atoms with Crippen LogP contribution in [0, 0.1) is 11.7 Å². The van der Waals surface area contributed by atoms with Gasteiger partial charge in [-0.2, -0.15) is 0 Å². The highest BCUT2D eigenvalue weighted by Gasteiger charge is 2.24. The van der Waals surface area contributed by atoms with E-state index >= 15 is 0 Å². The zero-order chi connectivity index (χ0) is 10.8. The molecule has 0 spiro atoms. The second kappa shape index (κ2) is 4.50. The summed E-state index contributed by atoms with van der Waals surface area (Å²) in [5, 5.41) is 3.93. The molecule has 0 aliphatic heterocycles. The van der Waals surface area contributed by atoms with Gasteiger partial charge in [-0.25, -0.2) is 4.39 Å². The number of hydrogen-bond acceptors (Lipinski definition) is 1. The van der Waals surface area contributed by atoms with Crippen LogP contribution in [-0.4, -0.2) is 6.04 Å². The summed E-state index contributed by atoms with van der Waals surface area (Å²) >= 11 is 5.92. The lowest BCUT2D eigenvalue weighted by Gasteiger charge is -2.33. The molecule has 1 aliphatic carbocycles. The fraction of sp³-hybridized carbons (Fsp3) is 0.500. The number of rotatable bonds is 3. The molecule has 1 aliphatic rings. The van der Waals surface area contributed by atoms with Gasteiger partial charge in [0, 0.05) is 17.6 Å². The van der Waals surface area contributed by atoms with E-state index in [-0.39, 0.29) is 5.82 Å². The van der Waals surface area contributed by atoms with Gasteiger partial charge in [0.2, 0.25) is 0 Å². The third-order valence-electron chi connectivity index (χ3n) is 2.97. The average molecular weight is 228 g/mol. The molecule has 0 unspecified atom stereocenters. The zero-order valence-corrected chi connectivity index (χ0v) is 9.52. The largest absolute Gasteiger partial charge is 0.310 e. The van der Waals surface area contributed by atoms with E-state index in [0.29, 0.717) is 11.1 Å². The van der Waals surface area contributed by atoms with Crippen molar-refractivity contribution in [3.05, 3.63) is 34.6 Å².